The van der Waals surface area contributed by atoms with Crippen molar-refractivity contribution in [3.8, 4) is 0 Å². The van der Waals surface area contributed by atoms with Gasteiger partial charge in [-0.3, -0.25) is 4.90 Å². The molecule has 3 rings (SSSR count). The summed E-state index contributed by atoms with van der Waals surface area (Å²) in [5, 5.41) is 13.0. The molecule has 0 amide bonds. The maximum Gasteiger partial charge on any atom is 0.123 e. The van der Waals surface area contributed by atoms with Gasteiger partial charge in [-0.25, -0.2) is 4.39 Å². The van der Waals surface area contributed by atoms with Crippen LogP contribution in [0.1, 0.15) is 24.0 Å². The molecule has 1 aliphatic heterocycles. The molecule has 2 aromatic rings. The summed E-state index contributed by atoms with van der Waals surface area (Å²) in [5.74, 6) is -0.204. The monoisotopic (exact) mass is 314 g/mol. The standard InChI is InChI=1S/C19H23FN2O/c20-17-6-3-4-15(12-17)13-21-19-7-2-1-5-16(19)14-22-10-8-18(23)9-11-22/h1-7,12,18,21,23H,8-11,13-14H2. The Bertz CT molecular complexity index is 639. The predicted octanol–water partition coefficient (Wildman–Crippen LogP) is 3.39. The number of hydrogen-bond donors (Lipinski definition) is 2. The zero-order valence-corrected chi connectivity index (χ0v) is 13.2. The van der Waals surface area contributed by atoms with Crippen molar-refractivity contribution in [2.75, 3.05) is 18.4 Å². The van der Waals surface area contributed by atoms with Crippen molar-refractivity contribution >= 4 is 5.69 Å². The van der Waals surface area contributed by atoms with E-state index in [-0.39, 0.29) is 11.9 Å². The number of likely N-dealkylation sites (tertiary alicyclic amines) is 1. The third-order valence-electron chi connectivity index (χ3n) is 4.34. The summed E-state index contributed by atoms with van der Waals surface area (Å²) in [6.07, 6.45) is 1.55. The van der Waals surface area contributed by atoms with Crippen LogP contribution in [0, 0.1) is 5.82 Å². The number of hydrogen-bond acceptors (Lipinski definition) is 3. The van der Waals surface area contributed by atoms with Gasteiger partial charge in [-0.15, -0.1) is 0 Å². The summed E-state index contributed by atoms with van der Waals surface area (Å²) in [6, 6.07) is 14.9. The molecule has 0 saturated carbocycles. The number of piperidine rings is 1. The second-order valence-corrected chi connectivity index (χ2v) is 6.15. The predicted molar refractivity (Wildman–Crippen MR) is 90.7 cm³/mol. The Labute approximate surface area is 136 Å². The lowest BCUT2D eigenvalue weighted by Gasteiger charge is -2.30. The topological polar surface area (TPSA) is 35.5 Å². The fourth-order valence-corrected chi connectivity index (χ4v) is 2.99. The van der Waals surface area contributed by atoms with Crippen molar-refractivity contribution in [1.29, 1.82) is 0 Å². The van der Waals surface area contributed by atoms with Gasteiger partial charge in [0.05, 0.1) is 6.10 Å². The molecule has 23 heavy (non-hydrogen) atoms. The van der Waals surface area contributed by atoms with Crippen LogP contribution in [0.2, 0.25) is 0 Å². The molecule has 2 aromatic carbocycles. The number of rotatable bonds is 5. The highest BCUT2D eigenvalue weighted by atomic mass is 19.1. The molecule has 0 radical (unpaired) electrons. The highest BCUT2D eigenvalue weighted by molar-refractivity contribution is 5.51. The van der Waals surface area contributed by atoms with Crippen LogP contribution in [0.3, 0.4) is 0 Å². The third kappa shape index (κ3) is 4.53. The molecule has 2 N–H and O–H groups in total. The lowest BCUT2D eigenvalue weighted by molar-refractivity contribution is 0.0793. The summed E-state index contributed by atoms with van der Waals surface area (Å²) in [6.45, 7) is 3.34. The largest absolute Gasteiger partial charge is 0.393 e. The van der Waals surface area contributed by atoms with Gasteiger partial charge in [-0.05, 0) is 42.2 Å². The zero-order valence-electron chi connectivity index (χ0n) is 13.2. The van der Waals surface area contributed by atoms with Crippen LogP contribution in [0.4, 0.5) is 10.1 Å². The van der Waals surface area contributed by atoms with Gasteiger partial charge in [0.15, 0.2) is 0 Å². The van der Waals surface area contributed by atoms with E-state index in [0.29, 0.717) is 6.54 Å². The van der Waals surface area contributed by atoms with E-state index in [4.69, 9.17) is 0 Å². The number of aliphatic hydroxyl groups excluding tert-OH is 1. The van der Waals surface area contributed by atoms with Crippen molar-refractivity contribution in [3.05, 3.63) is 65.5 Å². The van der Waals surface area contributed by atoms with E-state index >= 15 is 0 Å². The Hall–Kier alpha value is -1.91. The molecule has 0 aromatic heterocycles. The quantitative estimate of drug-likeness (QED) is 0.888. The first-order chi connectivity index (χ1) is 11.2. The number of nitrogens with one attached hydrogen (secondary N) is 1. The minimum Gasteiger partial charge on any atom is -0.393 e. The highest BCUT2D eigenvalue weighted by Gasteiger charge is 2.17. The van der Waals surface area contributed by atoms with Gasteiger partial charge in [-0.1, -0.05) is 30.3 Å². The second kappa shape index (κ2) is 7.57. The van der Waals surface area contributed by atoms with Gasteiger partial charge in [0.25, 0.3) is 0 Å². The van der Waals surface area contributed by atoms with E-state index in [1.165, 1.54) is 11.6 Å². The van der Waals surface area contributed by atoms with E-state index < -0.39 is 0 Å². The van der Waals surface area contributed by atoms with E-state index in [0.717, 1.165) is 43.7 Å². The fourth-order valence-electron chi connectivity index (χ4n) is 2.99. The van der Waals surface area contributed by atoms with E-state index in [2.05, 4.69) is 22.3 Å². The molecule has 1 aliphatic rings. The maximum atomic E-state index is 13.3. The lowest BCUT2D eigenvalue weighted by atomic mass is 10.1. The van der Waals surface area contributed by atoms with Gasteiger partial charge in [0, 0.05) is 31.9 Å². The molecule has 0 atom stereocenters. The van der Waals surface area contributed by atoms with Gasteiger partial charge in [-0.2, -0.15) is 0 Å². The summed E-state index contributed by atoms with van der Waals surface area (Å²) in [4.78, 5) is 2.37. The maximum absolute atomic E-state index is 13.3. The minimum atomic E-state index is -0.204. The molecule has 122 valence electrons. The average Bonchev–Trinajstić information content (AvgIpc) is 2.56. The SMILES string of the molecule is OC1CCN(Cc2ccccc2NCc2cccc(F)c2)CC1. The Morgan fingerprint density at radius 3 is 2.65 bits per heavy atom. The molecule has 1 saturated heterocycles. The molecule has 0 bridgehead atoms. The first kappa shape index (κ1) is 16.0. The highest BCUT2D eigenvalue weighted by Crippen LogP contribution is 2.20. The Kier molecular flexibility index (Phi) is 5.26. The molecule has 1 heterocycles. The minimum absolute atomic E-state index is 0.146. The number of benzene rings is 2. The number of nitrogens with zero attached hydrogens (tertiary/aromatic N) is 1. The third-order valence-corrected chi connectivity index (χ3v) is 4.34. The molecule has 4 heteroatoms. The van der Waals surface area contributed by atoms with E-state index in [1.54, 1.807) is 12.1 Å². The Morgan fingerprint density at radius 2 is 1.87 bits per heavy atom. The van der Waals surface area contributed by atoms with Gasteiger partial charge in [0.1, 0.15) is 5.82 Å². The molecular weight excluding hydrogens is 291 g/mol. The van der Waals surface area contributed by atoms with Crippen molar-refractivity contribution in [2.24, 2.45) is 0 Å². The average molecular weight is 314 g/mol. The van der Waals surface area contributed by atoms with Crippen molar-refractivity contribution in [2.45, 2.75) is 32.0 Å². The molecule has 0 spiro atoms. The van der Waals surface area contributed by atoms with Crippen molar-refractivity contribution in [3.63, 3.8) is 0 Å². The Morgan fingerprint density at radius 1 is 1.09 bits per heavy atom. The van der Waals surface area contributed by atoms with Crippen LogP contribution in [-0.4, -0.2) is 29.2 Å². The first-order valence-electron chi connectivity index (χ1n) is 8.17. The molecule has 0 aliphatic carbocycles. The molecule has 0 unspecified atom stereocenters. The second-order valence-electron chi connectivity index (χ2n) is 6.15. The van der Waals surface area contributed by atoms with Crippen molar-refractivity contribution < 1.29 is 9.50 Å². The van der Waals surface area contributed by atoms with Crippen molar-refractivity contribution in [1.82, 2.24) is 4.90 Å². The van der Waals surface area contributed by atoms with Gasteiger partial charge < -0.3 is 10.4 Å². The number of para-hydroxylation sites is 1. The summed E-state index contributed by atoms with van der Waals surface area (Å²) >= 11 is 0. The zero-order chi connectivity index (χ0) is 16.1. The van der Waals surface area contributed by atoms with E-state index in [9.17, 15) is 9.50 Å². The summed E-state index contributed by atoms with van der Waals surface area (Å²) in [7, 11) is 0. The number of halogens is 1. The summed E-state index contributed by atoms with van der Waals surface area (Å²) in [5.41, 5.74) is 3.25. The van der Waals surface area contributed by atoms with E-state index in [1.807, 2.05) is 18.2 Å². The van der Waals surface area contributed by atoms with Crippen LogP contribution in [0.15, 0.2) is 48.5 Å². The van der Waals surface area contributed by atoms with Crippen LogP contribution in [0.25, 0.3) is 0 Å². The van der Waals surface area contributed by atoms with Crippen LogP contribution >= 0.6 is 0 Å². The first-order valence-corrected chi connectivity index (χ1v) is 8.17. The van der Waals surface area contributed by atoms with Crippen LogP contribution in [-0.2, 0) is 13.1 Å². The normalized spacial score (nSPS) is 16.4. The number of anilines is 1. The fraction of sp³-hybridized carbons (Fsp3) is 0.368. The molecule has 3 nitrogen and oxygen atoms in total. The number of aliphatic hydroxyl groups is 1. The summed E-state index contributed by atoms with van der Waals surface area (Å²) < 4.78 is 13.3. The molecule has 1 fully saturated rings. The smallest absolute Gasteiger partial charge is 0.123 e. The van der Waals surface area contributed by atoms with Crippen LogP contribution < -0.4 is 5.32 Å². The Balaban J connectivity index is 1.63. The van der Waals surface area contributed by atoms with Gasteiger partial charge in [0.2, 0.25) is 0 Å². The van der Waals surface area contributed by atoms with Gasteiger partial charge >= 0.3 is 0 Å². The van der Waals surface area contributed by atoms with Crippen LogP contribution in [0.5, 0.6) is 0 Å². The lowest BCUT2D eigenvalue weighted by Crippen LogP contribution is -2.35. The molecular formula is C19H23FN2O.